The molecule has 0 bridgehead atoms. The van der Waals surface area contributed by atoms with Crippen LogP contribution in [0.5, 0.6) is 0 Å². The Morgan fingerprint density at radius 1 is 0.750 bits per heavy atom. The summed E-state index contributed by atoms with van der Waals surface area (Å²) in [6, 6.07) is 35.2. The van der Waals surface area contributed by atoms with Crippen molar-refractivity contribution in [1.82, 2.24) is 4.98 Å². The van der Waals surface area contributed by atoms with Crippen molar-refractivity contribution in [2.75, 3.05) is 0 Å². The van der Waals surface area contributed by atoms with Gasteiger partial charge in [0.1, 0.15) is 5.58 Å². The van der Waals surface area contributed by atoms with E-state index in [0.29, 0.717) is 0 Å². The molecule has 8 rings (SSSR count). The van der Waals surface area contributed by atoms with Gasteiger partial charge in [0.05, 0.1) is 5.58 Å². The van der Waals surface area contributed by atoms with Gasteiger partial charge in [-0.15, -0.1) is 30.3 Å². The number of hydrogen-bond donors (Lipinski definition) is 0. The third-order valence-electron chi connectivity index (χ3n) is 10.6. The minimum Gasteiger partial charge on any atom is -0.683 e. The molecule has 6 heteroatoms. The quantitative estimate of drug-likeness (QED) is 0.128. The van der Waals surface area contributed by atoms with Gasteiger partial charge in [0, 0.05) is 17.4 Å². The number of nitrogens with zero attached hydrogens (tertiary/aromatic N) is 2. The van der Waals surface area contributed by atoms with E-state index in [9.17, 15) is 4.39 Å². The van der Waals surface area contributed by atoms with E-state index in [2.05, 4.69) is 140 Å². The Labute approximate surface area is 345 Å². The molecule has 0 spiro atoms. The van der Waals surface area contributed by atoms with Crippen molar-refractivity contribution >= 4 is 45.0 Å². The summed E-state index contributed by atoms with van der Waals surface area (Å²) in [6.45, 7) is 20.1. The fourth-order valence-corrected chi connectivity index (χ4v) is 8.13. The third kappa shape index (κ3) is 8.38. The molecule has 5 aromatic carbocycles. The largest absolute Gasteiger partial charge is 3.00 e. The van der Waals surface area contributed by atoms with Crippen LogP contribution in [0.3, 0.4) is 0 Å². The van der Waals surface area contributed by atoms with E-state index in [1.54, 1.807) is 12.3 Å². The smallest absolute Gasteiger partial charge is 0.683 e. The number of rotatable bonds is 5. The minimum absolute atomic E-state index is 0. The van der Waals surface area contributed by atoms with E-state index >= 15 is 0 Å². The molecule has 3 nitrogen and oxygen atoms in total. The van der Waals surface area contributed by atoms with Crippen LogP contribution in [0.1, 0.15) is 71.3 Å². The first-order chi connectivity index (χ1) is 26.3. The minimum atomic E-state index is -0.265. The number of halogens is 1. The van der Waals surface area contributed by atoms with Gasteiger partial charge in [0.2, 0.25) is 6.71 Å². The first-order valence-electron chi connectivity index (χ1n) is 19.0. The molecule has 7 aromatic rings. The van der Waals surface area contributed by atoms with E-state index in [-0.39, 0.29) is 44.1 Å². The predicted molar refractivity (Wildman–Crippen MR) is 230 cm³/mol. The van der Waals surface area contributed by atoms with Gasteiger partial charge in [-0.05, 0) is 70.3 Å². The Kier molecular flexibility index (Phi) is 12.0. The standard InChI is InChI=1S/C39H39BNO.C11H8FN.Ir/c1-23-17-25(3)36(26(4)18-23)40(37-27(5)19-24(2)20-28(37)6)30-13-14-31-32-11-10-12-33(38(32)42-35(31)22-30)34-21-29(15-16-41-34)39(7,8)9;12-10-6-4-9(5-7-10)11-3-1-2-8-13-11;/h10-11,13-22H,1-9H3;1-4,6-8,11H;/q-1;-2;+3. The number of aromatic nitrogens is 1. The molecule has 0 amide bonds. The molecule has 56 heavy (non-hydrogen) atoms. The summed E-state index contributed by atoms with van der Waals surface area (Å²) in [5.74, 6) is -0.265. The van der Waals surface area contributed by atoms with Crippen molar-refractivity contribution in [2.24, 2.45) is 0 Å². The molecule has 0 fully saturated rings. The molecule has 1 atom stereocenters. The second-order valence-electron chi connectivity index (χ2n) is 16.0. The van der Waals surface area contributed by atoms with Crippen molar-refractivity contribution < 1.29 is 28.9 Å². The van der Waals surface area contributed by atoms with E-state index in [1.165, 1.54) is 67.5 Å². The fraction of sp³-hybridized carbons (Fsp3) is 0.220. The van der Waals surface area contributed by atoms with Gasteiger partial charge in [0.25, 0.3) is 0 Å². The number of benzene rings is 5. The van der Waals surface area contributed by atoms with Crippen molar-refractivity contribution in [2.45, 2.75) is 73.8 Å². The number of fused-ring (bicyclic) bond motifs is 3. The van der Waals surface area contributed by atoms with Crippen molar-refractivity contribution in [3.8, 4) is 11.3 Å². The van der Waals surface area contributed by atoms with E-state index < -0.39 is 0 Å². The van der Waals surface area contributed by atoms with Crippen molar-refractivity contribution in [3.63, 3.8) is 0 Å². The number of hydrogen-bond acceptors (Lipinski definition) is 2. The molecule has 0 saturated carbocycles. The molecule has 0 saturated heterocycles. The van der Waals surface area contributed by atoms with E-state index in [1.807, 2.05) is 30.5 Å². The van der Waals surface area contributed by atoms with Crippen molar-refractivity contribution in [1.29, 1.82) is 0 Å². The summed E-state index contributed by atoms with van der Waals surface area (Å²) in [5, 5.41) is 6.42. The normalized spacial score (nSPS) is 13.6. The van der Waals surface area contributed by atoms with Gasteiger partial charge in [-0.25, -0.2) is 0 Å². The summed E-state index contributed by atoms with van der Waals surface area (Å²) < 4.78 is 19.3. The Balaban J connectivity index is 0.000000321. The Morgan fingerprint density at radius 2 is 1.41 bits per heavy atom. The molecule has 1 aliphatic heterocycles. The monoisotopic (exact) mass is 914 g/mol. The average Bonchev–Trinajstić information content (AvgIpc) is 3.52. The summed E-state index contributed by atoms with van der Waals surface area (Å²) in [6.07, 6.45) is 9.37. The molecular formula is C50H47BFIrN2O. The Hall–Kier alpha value is -5.03. The van der Waals surface area contributed by atoms with Crippen LogP contribution in [0.15, 0.2) is 120 Å². The molecular weight excluding hydrogens is 867 g/mol. The number of furan rings is 1. The third-order valence-corrected chi connectivity index (χ3v) is 10.6. The molecule has 1 aliphatic rings. The van der Waals surface area contributed by atoms with E-state index in [4.69, 9.17) is 9.40 Å². The van der Waals surface area contributed by atoms with Gasteiger partial charge in [-0.1, -0.05) is 148 Å². The van der Waals surface area contributed by atoms with Crippen LogP contribution in [0.4, 0.5) is 4.39 Å². The van der Waals surface area contributed by atoms with Crippen LogP contribution in [0.2, 0.25) is 0 Å². The summed E-state index contributed by atoms with van der Waals surface area (Å²) >= 11 is 0. The molecule has 2 aromatic heterocycles. The predicted octanol–water partition coefficient (Wildman–Crippen LogP) is 11.2. The Bertz CT molecular complexity index is 2490. The second kappa shape index (κ2) is 16.6. The summed E-state index contributed by atoms with van der Waals surface area (Å²) in [4.78, 5) is 4.73. The zero-order valence-electron chi connectivity index (χ0n) is 33.6. The maximum Gasteiger partial charge on any atom is 3.00 e. The molecule has 0 radical (unpaired) electrons. The first-order valence-corrected chi connectivity index (χ1v) is 19.0. The SMILES string of the molecule is Cc1cc(C)c(B(c2ccc3c(c2)oc2c(-c4cc(C(C)(C)C)ccn4)[c-]ccc23)c2c(C)cc(C)cc2C)c(C)c1.Fc1c[c-]c(C2C=CC=C[N-]2)cc1.[Ir+3]. The van der Waals surface area contributed by atoms with Gasteiger partial charge >= 0.3 is 20.1 Å². The van der Waals surface area contributed by atoms with Gasteiger partial charge in [0.15, 0.2) is 0 Å². The topological polar surface area (TPSA) is 40.1 Å². The average molecular weight is 914 g/mol. The molecule has 0 aliphatic carbocycles. The molecule has 0 N–H and O–H groups in total. The van der Waals surface area contributed by atoms with Crippen LogP contribution >= 0.6 is 0 Å². The van der Waals surface area contributed by atoms with Crippen LogP contribution in [-0.4, -0.2) is 11.7 Å². The maximum absolute atomic E-state index is 12.6. The van der Waals surface area contributed by atoms with Gasteiger partial charge in [-0.3, -0.25) is 4.39 Å². The fourth-order valence-electron chi connectivity index (χ4n) is 8.13. The van der Waals surface area contributed by atoms with Gasteiger partial charge in [-0.2, -0.15) is 23.9 Å². The van der Waals surface area contributed by atoms with Crippen LogP contribution in [-0.2, 0) is 25.5 Å². The molecule has 3 heterocycles. The maximum atomic E-state index is 12.6. The number of aryl methyl sites for hydroxylation is 6. The van der Waals surface area contributed by atoms with Gasteiger partial charge < -0.3 is 14.7 Å². The number of pyridine rings is 1. The first kappa shape index (κ1) is 40.6. The zero-order chi connectivity index (χ0) is 39.0. The molecule has 1 unspecified atom stereocenters. The van der Waals surface area contributed by atoms with E-state index in [0.717, 1.165) is 38.8 Å². The Morgan fingerprint density at radius 3 is 1.98 bits per heavy atom. The summed E-state index contributed by atoms with van der Waals surface area (Å²) in [5.41, 5.74) is 17.6. The van der Waals surface area contributed by atoms with Crippen molar-refractivity contribution in [3.05, 3.63) is 183 Å². The molecule has 282 valence electrons. The zero-order valence-corrected chi connectivity index (χ0v) is 36.0. The number of allylic oxidation sites excluding steroid dienone is 2. The van der Waals surface area contributed by atoms with Crippen LogP contribution in [0.25, 0.3) is 38.5 Å². The summed E-state index contributed by atoms with van der Waals surface area (Å²) in [7, 11) is 0. The second-order valence-corrected chi connectivity index (χ2v) is 16.0. The van der Waals surface area contributed by atoms with Crippen LogP contribution < -0.4 is 16.4 Å². The van der Waals surface area contributed by atoms with Crippen LogP contribution in [0, 0.1) is 59.5 Å².